The number of benzene rings is 2. The van der Waals surface area contributed by atoms with E-state index in [9.17, 15) is 31.5 Å². The van der Waals surface area contributed by atoms with Gasteiger partial charge in [-0.15, -0.1) is 5.10 Å². The highest BCUT2D eigenvalue weighted by atomic mass is 19.4. The first-order valence-corrected chi connectivity index (χ1v) is 12.0. The lowest BCUT2D eigenvalue weighted by atomic mass is 9.94. The Morgan fingerprint density at radius 2 is 1.82 bits per heavy atom. The molecule has 0 radical (unpaired) electrons. The molecular weight excluding hydrogens is 509 g/mol. The first-order valence-electron chi connectivity index (χ1n) is 12.0. The van der Waals surface area contributed by atoms with Gasteiger partial charge in [0.2, 0.25) is 11.8 Å². The van der Waals surface area contributed by atoms with Crippen LogP contribution < -0.4 is 5.32 Å². The molecule has 38 heavy (non-hydrogen) atoms. The van der Waals surface area contributed by atoms with Crippen LogP contribution in [0.15, 0.2) is 54.7 Å². The average Bonchev–Trinajstić information content (AvgIpc) is 3.49. The number of hydrogen-bond acceptors (Lipinski definition) is 4. The second-order valence-electron chi connectivity index (χ2n) is 9.46. The fourth-order valence-electron chi connectivity index (χ4n) is 4.56. The molecule has 1 aliphatic heterocycles. The lowest BCUT2D eigenvalue weighted by Crippen LogP contribution is -2.48. The standard InChI is InChI=1S/C26H26F5N5O2/c1-15(2)19-9-8-17(10-20(19)28)24(16-6-4-3-5-7-16)33-25(38)21-11-18(27)13-35(21)23(37)14-36-22(12-32-34-36)26(29,30)31/h3-10,12,15,18,21,24H,11,13-14H2,1-2H3,(H,33,38)/t18?,21?,24-/m0/s1. The Bertz CT molecular complexity index is 1290. The van der Waals surface area contributed by atoms with Crippen molar-refractivity contribution < 1.29 is 31.5 Å². The lowest BCUT2D eigenvalue weighted by Gasteiger charge is -2.27. The van der Waals surface area contributed by atoms with Gasteiger partial charge in [-0.05, 0) is 28.7 Å². The third kappa shape index (κ3) is 5.84. The van der Waals surface area contributed by atoms with Crippen molar-refractivity contribution in [1.29, 1.82) is 0 Å². The van der Waals surface area contributed by atoms with Crippen LogP contribution >= 0.6 is 0 Å². The molecule has 4 rings (SSSR count). The van der Waals surface area contributed by atoms with Crippen molar-refractivity contribution in [2.24, 2.45) is 0 Å². The van der Waals surface area contributed by atoms with Gasteiger partial charge in [0.25, 0.3) is 0 Å². The largest absolute Gasteiger partial charge is 0.434 e. The number of aromatic nitrogens is 3. The SMILES string of the molecule is CC(C)c1ccc([C@@H](NC(=O)C2CC(F)CN2C(=O)Cn2nncc2C(F)(F)F)c2ccccc2)cc1F. The molecule has 0 bridgehead atoms. The quantitative estimate of drug-likeness (QED) is 0.455. The number of nitrogens with zero attached hydrogens (tertiary/aromatic N) is 4. The summed E-state index contributed by atoms with van der Waals surface area (Å²) < 4.78 is 69.1. The van der Waals surface area contributed by atoms with Crippen molar-refractivity contribution in [1.82, 2.24) is 25.2 Å². The molecule has 1 saturated heterocycles. The van der Waals surface area contributed by atoms with Crippen LogP contribution in [0.2, 0.25) is 0 Å². The van der Waals surface area contributed by atoms with Crippen molar-refractivity contribution in [3.8, 4) is 0 Å². The zero-order chi connectivity index (χ0) is 27.6. The van der Waals surface area contributed by atoms with Crippen molar-refractivity contribution in [2.45, 2.75) is 57.2 Å². The summed E-state index contributed by atoms with van der Waals surface area (Å²) in [6, 6.07) is 11.3. The van der Waals surface area contributed by atoms with Crippen LogP contribution in [0.5, 0.6) is 0 Å². The van der Waals surface area contributed by atoms with Gasteiger partial charge in [-0.2, -0.15) is 13.2 Å². The zero-order valence-electron chi connectivity index (χ0n) is 20.6. The van der Waals surface area contributed by atoms with Crippen molar-refractivity contribution >= 4 is 11.8 Å². The summed E-state index contributed by atoms with van der Waals surface area (Å²) >= 11 is 0. The molecule has 2 amide bonds. The minimum absolute atomic E-state index is 0.0591. The number of rotatable bonds is 7. The molecule has 12 heteroatoms. The molecule has 2 heterocycles. The van der Waals surface area contributed by atoms with Gasteiger partial charge in [0.1, 0.15) is 24.6 Å². The van der Waals surface area contributed by atoms with Crippen molar-refractivity contribution in [3.63, 3.8) is 0 Å². The summed E-state index contributed by atoms with van der Waals surface area (Å²) in [7, 11) is 0. The van der Waals surface area contributed by atoms with Crippen molar-refractivity contribution in [3.05, 3.63) is 82.9 Å². The molecule has 3 atom stereocenters. The summed E-state index contributed by atoms with van der Waals surface area (Å²) in [5, 5.41) is 9.30. The normalized spacial score (nSPS) is 18.6. The second-order valence-corrected chi connectivity index (χ2v) is 9.46. The fourth-order valence-corrected chi connectivity index (χ4v) is 4.56. The van der Waals surface area contributed by atoms with Crippen molar-refractivity contribution in [2.75, 3.05) is 6.54 Å². The summed E-state index contributed by atoms with van der Waals surface area (Å²) in [5.41, 5.74) is 0.337. The number of carbonyl (C=O) groups excluding carboxylic acids is 2. The molecule has 2 aromatic carbocycles. The monoisotopic (exact) mass is 535 g/mol. The highest BCUT2D eigenvalue weighted by Crippen LogP contribution is 2.30. The smallest absolute Gasteiger partial charge is 0.343 e. The van der Waals surface area contributed by atoms with Gasteiger partial charge in [-0.25, -0.2) is 13.5 Å². The number of halogens is 5. The van der Waals surface area contributed by atoms with Crippen LogP contribution in [0, 0.1) is 5.82 Å². The van der Waals surface area contributed by atoms with E-state index in [-0.39, 0.29) is 12.3 Å². The first kappa shape index (κ1) is 27.2. The van der Waals surface area contributed by atoms with E-state index >= 15 is 0 Å². The summed E-state index contributed by atoms with van der Waals surface area (Å²) in [6.45, 7) is 2.38. The second kappa shape index (κ2) is 10.9. The van der Waals surface area contributed by atoms with E-state index in [1.54, 1.807) is 42.5 Å². The third-order valence-corrected chi connectivity index (χ3v) is 6.47. The number of amides is 2. The Kier molecular flexibility index (Phi) is 7.79. The Labute approximate surface area is 215 Å². The number of carbonyl (C=O) groups is 2. The molecule has 0 spiro atoms. The van der Waals surface area contributed by atoms with E-state index in [1.807, 2.05) is 13.8 Å². The molecule has 2 unspecified atom stereocenters. The van der Waals surface area contributed by atoms with Crippen LogP contribution in [0.1, 0.15) is 54.6 Å². The minimum atomic E-state index is -4.79. The Morgan fingerprint density at radius 3 is 2.45 bits per heavy atom. The highest BCUT2D eigenvalue weighted by molar-refractivity contribution is 5.89. The highest BCUT2D eigenvalue weighted by Gasteiger charge is 2.42. The van der Waals surface area contributed by atoms with Gasteiger partial charge < -0.3 is 10.2 Å². The summed E-state index contributed by atoms with van der Waals surface area (Å²) in [5.74, 6) is -2.13. The number of hydrogen-bond donors (Lipinski definition) is 1. The predicted molar refractivity (Wildman–Crippen MR) is 127 cm³/mol. The Hall–Kier alpha value is -3.83. The van der Waals surface area contributed by atoms with E-state index in [0.29, 0.717) is 27.6 Å². The third-order valence-electron chi connectivity index (χ3n) is 6.47. The predicted octanol–water partition coefficient (Wildman–Crippen LogP) is 4.40. The van der Waals surface area contributed by atoms with E-state index in [1.165, 1.54) is 6.07 Å². The van der Waals surface area contributed by atoms with Gasteiger partial charge in [-0.1, -0.05) is 61.5 Å². The number of alkyl halides is 4. The van der Waals surface area contributed by atoms with Gasteiger partial charge in [-0.3, -0.25) is 9.59 Å². The molecule has 3 aromatic rings. The maximum Gasteiger partial charge on any atom is 0.434 e. The minimum Gasteiger partial charge on any atom is -0.343 e. The number of likely N-dealkylation sites (tertiary alicyclic amines) is 1. The molecule has 1 N–H and O–H groups in total. The maximum atomic E-state index is 14.8. The molecule has 1 aromatic heterocycles. The van der Waals surface area contributed by atoms with Gasteiger partial charge in [0.15, 0.2) is 5.69 Å². The zero-order valence-corrected chi connectivity index (χ0v) is 20.6. The molecule has 1 fully saturated rings. The van der Waals surface area contributed by atoms with Crippen LogP contribution in [-0.2, 0) is 22.3 Å². The van der Waals surface area contributed by atoms with E-state index in [2.05, 4.69) is 15.6 Å². The molecule has 7 nitrogen and oxygen atoms in total. The Morgan fingerprint density at radius 1 is 1.11 bits per heavy atom. The van der Waals surface area contributed by atoms with Crippen LogP contribution in [0.25, 0.3) is 0 Å². The van der Waals surface area contributed by atoms with Gasteiger partial charge >= 0.3 is 6.18 Å². The van der Waals surface area contributed by atoms with E-state index in [4.69, 9.17) is 0 Å². The van der Waals surface area contributed by atoms with Gasteiger partial charge in [0, 0.05) is 6.42 Å². The molecule has 202 valence electrons. The summed E-state index contributed by atoms with van der Waals surface area (Å²) in [6.07, 6.45) is -6.20. The average molecular weight is 536 g/mol. The Balaban J connectivity index is 1.58. The van der Waals surface area contributed by atoms with Crippen LogP contribution in [0.4, 0.5) is 22.0 Å². The van der Waals surface area contributed by atoms with Crippen LogP contribution in [0.3, 0.4) is 0 Å². The fraction of sp³-hybridized carbons (Fsp3) is 0.385. The van der Waals surface area contributed by atoms with Gasteiger partial charge in [0.05, 0.1) is 18.8 Å². The topological polar surface area (TPSA) is 80.1 Å². The molecule has 0 saturated carbocycles. The van der Waals surface area contributed by atoms with E-state index < -0.39 is 60.8 Å². The number of nitrogens with one attached hydrogen (secondary N) is 1. The van der Waals surface area contributed by atoms with E-state index in [0.717, 1.165) is 4.90 Å². The molecular formula is C26H26F5N5O2. The first-order chi connectivity index (χ1) is 18.0. The maximum absolute atomic E-state index is 14.8. The molecule has 1 aliphatic rings. The summed E-state index contributed by atoms with van der Waals surface area (Å²) in [4.78, 5) is 27.2. The molecule has 0 aliphatic carbocycles. The lowest BCUT2D eigenvalue weighted by molar-refractivity contribution is -0.147. The van der Waals surface area contributed by atoms with Crippen LogP contribution in [-0.4, -0.2) is 50.5 Å².